The average molecular weight is 169 g/mol. The molecule has 0 aliphatic heterocycles. The van der Waals surface area contributed by atoms with Crippen LogP contribution < -0.4 is 5.32 Å². The molecule has 1 saturated carbocycles. The first-order valence-electron chi connectivity index (χ1n) is 4.65. The van der Waals surface area contributed by atoms with E-state index in [0.717, 1.165) is 12.5 Å². The number of ether oxygens (including phenoxy) is 1. The van der Waals surface area contributed by atoms with Gasteiger partial charge in [0.1, 0.15) is 0 Å². The standard InChI is InChI=1S/C10H19NO/c1-4-8(2)11-10(7-12-3)9-5-6-9/h4,8-11H,1,5-7H2,2-3H3. The van der Waals surface area contributed by atoms with E-state index in [0.29, 0.717) is 12.1 Å². The van der Waals surface area contributed by atoms with Gasteiger partial charge in [-0.25, -0.2) is 0 Å². The van der Waals surface area contributed by atoms with Gasteiger partial charge in [-0.15, -0.1) is 6.58 Å². The summed E-state index contributed by atoms with van der Waals surface area (Å²) in [6.45, 7) is 6.70. The third kappa shape index (κ3) is 2.95. The maximum Gasteiger partial charge on any atom is 0.0618 e. The van der Waals surface area contributed by atoms with Crippen molar-refractivity contribution in [3.8, 4) is 0 Å². The number of rotatable bonds is 6. The predicted molar refractivity (Wildman–Crippen MR) is 51.2 cm³/mol. The van der Waals surface area contributed by atoms with Gasteiger partial charge < -0.3 is 10.1 Å². The fraction of sp³-hybridized carbons (Fsp3) is 0.800. The summed E-state index contributed by atoms with van der Waals surface area (Å²) in [5, 5.41) is 3.49. The summed E-state index contributed by atoms with van der Waals surface area (Å²) in [6, 6.07) is 0.925. The van der Waals surface area contributed by atoms with Crippen molar-refractivity contribution in [2.24, 2.45) is 5.92 Å². The van der Waals surface area contributed by atoms with Crippen LogP contribution in [0.15, 0.2) is 12.7 Å². The van der Waals surface area contributed by atoms with Crippen LogP contribution in [0.3, 0.4) is 0 Å². The van der Waals surface area contributed by atoms with Crippen LogP contribution in [0, 0.1) is 5.92 Å². The minimum Gasteiger partial charge on any atom is -0.383 e. The molecule has 0 aromatic rings. The van der Waals surface area contributed by atoms with Crippen LogP contribution in [0.4, 0.5) is 0 Å². The van der Waals surface area contributed by atoms with Crippen LogP contribution in [0.5, 0.6) is 0 Å². The van der Waals surface area contributed by atoms with Gasteiger partial charge in [0.25, 0.3) is 0 Å². The molecule has 0 spiro atoms. The van der Waals surface area contributed by atoms with Crippen LogP contribution in [0.2, 0.25) is 0 Å². The maximum atomic E-state index is 5.15. The van der Waals surface area contributed by atoms with E-state index in [4.69, 9.17) is 4.74 Å². The van der Waals surface area contributed by atoms with Crippen molar-refractivity contribution in [2.75, 3.05) is 13.7 Å². The molecular formula is C10H19NO. The fourth-order valence-corrected chi connectivity index (χ4v) is 1.40. The van der Waals surface area contributed by atoms with Gasteiger partial charge >= 0.3 is 0 Å². The third-order valence-electron chi connectivity index (χ3n) is 2.37. The summed E-state index contributed by atoms with van der Waals surface area (Å²) >= 11 is 0. The molecule has 2 nitrogen and oxygen atoms in total. The van der Waals surface area contributed by atoms with E-state index in [1.54, 1.807) is 7.11 Å². The van der Waals surface area contributed by atoms with Crippen molar-refractivity contribution in [2.45, 2.75) is 31.8 Å². The van der Waals surface area contributed by atoms with Gasteiger partial charge in [0, 0.05) is 19.2 Å². The summed E-state index contributed by atoms with van der Waals surface area (Å²) in [5.41, 5.74) is 0. The van der Waals surface area contributed by atoms with Crippen molar-refractivity contribution < 1.29 is 4.74 Å². The lowest BCUT2D eigenvalue weighted by Crippen LogP contribution is -2.40. The molecular weight excluding hydrogens is 150 g/mol. The molecule has 1 rings (SSSR count). The van der Waals surface area contributed by atoms with E-state index in [1.165, 1.54) is 12.8 Å². The van der Waals surface area contributed by atoms with E-state index >= 15 is 0 Å². The quantitative estimate of drug-likeness (QED) is 0.609. The van der Waals surface area contributed by atoms with Gasteiger partial charge in [-0.3, -0.25) is 0 Å². The molecule has 1 aliphatic carbocycles. The fourth-order valence-electron chi connectivity index (χ4n) is 1.40. The Kier molecular flexibility index (Phi) is 3.76. The average Bonchev–Trinajstić information content (AvgIpc) is 2.86. The zero-order valence-corrected chi connectivity index (χ0v) is 8.05. The van der Waals surface area contributed by atoms with E-state index < -0.39 is 0 Å². The first-order valence-corrected chi connectivity index (χ1v) is 4.65. The molecule has 2 unspecified atom stereocenters. The minimum absolute atomic E-state index is 0.394. The molecule has 1 aliphatic rings. The molecule has 2 heteroatoms. The first-order chi connectivity index (χ1) is 5.77. The number of hydrogen-bond donors (Lipinski definition) is 1. The lowest BCUT2D eigenvalue weighted by molar-refractivity contribution is 0.155. The predicted octanol–water partition coefficient (Wildman–Crippen LogP) is 1.58. The lowest BCUT2D eigenvalue weighted by atomic mass is 10.1. The Morgan fingerprint density at radius 3 is 2.75 bits per heavy atom. The topological polar surface area (TPSA) is 21.3 Å². The van der Waals surface area contributed by atoms with Crippen molar-refractivity contribution >= 4 is 0 Å². The number of nitrogens with one attached hydrogen (secondary N) is 1. The largest absolute Gasteiger partial charge is 0.383 e. The highest BCUT2D eigenvalue weighted by atomic mass is 16.5. The van der Waals surface area contributed by atoms with Gasteiger partial charge in [-0.1, -0.05) is 6.08 Å². The second kappa shape index (κ2) is 4.63. The van der Waals surface area contributed by atoms with E-state index in [1.807, 2.05) is 6.08 Å². The SMILES string of the molecule is C=CC(C)NC(COC)C1CC1. The summed E-state index contributed by atoms with van der Waals surface area (Å²) < 4.78 is 5.15. The first kappa shape index (κ1) is 9.75. The molecule has 0 saturated heterocycles. The number of hydrogen-bond acceptors (Lipinski definition) is 2. The molecule has 0 bridgehead atoms. The van der Waals surface area contributed by atoms with Crippen molar-refractivity contribution in [1.29, 1.82) is 0 Å². The lowest BCUT2D eigenvalue weighted by Gasteiger charge is -2.20. The molecule has 1 N–H and O–H groups in total. The monoisotopic (exact) mass is 169 g/mol. The van der Waals surface area contributed by atoms with Crippen molar-refractivity contribution in [1.82, 2.24) is 5.32 Å². The van der Waals surface area contributed by atoms with Crippen molar-refractivity contribution in [3.05, 3.63) is 12.7 Å². The minimum atomic E-state index is 0.394. The van der Waals surface area contributed by atoms with Crippen LogP contribution in [-0.4, -0.2) is 25.8 Å². The van der Waals surface area contributed by atoms with Gasteiger partial charge in [-0.2, -0.15) is 0 Å². The second-order valence-corrected chi connectivity index (χ2v) is 3.59. The Balaban J connectivity index is 2.26. The highest BCUT2D eigenvalue weighted by molar-refractivity contribution is 4.91. The Bertz CT molecular complexity index is 143. The van der Waals surface area contributed by atoms with Crippen LogP contribution in [-0.2, 0) is 4.74 Å². The van der Waals surface area contributed by atoms with Crippen LogP contribution in [0.25, 0.3) is 0 Å². The van der Waals surface area contributed by atoms with Gasteiger partial charge in [0.05, 0.1) is 6.61 Å². The molecule has 0 radical (unpaired) electrons. The van der Waals surface area contributed by atoms with E-state index in [-0.39, 0.29) is 0 Å². The molecule has 70 valence electrons. The summed E-state index contributed by atoms with van der Waals surface area (Å²) in [5.74, 6) is 0.840. The third-order valence-corrected chi connectivity index (χ3v) is 2.37. The highest BCUT2D eigenvalue weighted by Gasteiger charge is 2.31. The molecule has 1 fully saturated rings. The molecule has 0 amide bonds. The Labute approximate surface area is 75.0 Å². The summed E-state index contributed by atoms with van der Waals surface area (Å²) in [4.78, 5) is 0. The molecule has 0 aromatic heterocycles. The van der Waals surface area contributed by atoms with Gasteiger partial charge in [0.2, 0.25) is 0 Å². The zero-order valence-electron chi connectivity index (χ0n) is 8.05. The normalized spacial score (nSPS) is 21.8. The van der Waals surface area contributed by atoms with Gasteiger partial charge in [0.15, 0.2) is 0 Å². The Morgan fingerprint density at radius 2 is 2.33 bits per heavy atom. The molecule has 2 atom stereocenters. The zero-order chi connectivity index (χ0) is 8.97. The summed E-state index contributed by atoms with van der Waals surface area (Å²) in [7, 11) is 1.76. The van der Waals surface area contributed by atoms with Crippen molar-refractivity contribution in [3.63, 3.8) is 0 Å². The van der Waals surface area contributed by atoms with Crippen LogP contribution in [0.1, 0.15) is 19.8 Å². The summed E-state index contributed by atoms with van der Waals surface area (Å²) in [6.07, 6.45) is 4.64. The highest BCUT2D eigenvalue weighted by Crippen LogP contribution is 2.32. The molecule has 0 heterocycles. The van der Waals surface area contributed by atoms with Gasteiger partial charge in [-0.05, 0) is 25.7 Å². The second-order valence-electron chi connectivity index (χ2n) is 3.59. The van der Waals surface area contributed by atoms with E-state index in [9.17, 15) is 0 Å². The molecule has 12 heavy (non-hydrogen) atoms. The smallest absolute Gasteiger partial charge is 0.0618 e. The number of methoxy groups -OCH3 is 1. The maximum absolute atomic E-state index is 5.15. The Morgan fingerprint density at radius 1 is 1.67 bits per heavy atom. The molecule has 0 aromatic carbocycles. The van der Waals surface area contributed by atoms with Crippen LogP contribution >= 0.6 is 0 Å². The van der Waals surface area contributed by atoms with E-state index in [2.05, 4.69) is 18.8 Å². The Hall–Kier alpha value is -0.340.